The van der Waals surface area contributed by atoms with Crippen LogP contribution in [0.3, 0.4) is 0 Å². The number of hydrogen-bond donors (Lipinski definition) is 2. The zero-order chi connectivity index (χ0) is 18.5. The summed E-state index contributed by atoms with van der Waals surface area (Å²) in [6, 6.07) is 14.5. The lowest BCUT2D eigenvalue weighted by molar-refractivity contribution is 0.0949. The highest BCUT2D eigenvalue weighted by atomic mass is 79.9. The highest BCUT2D eigenvalue weighted by Crippen LogP contribution is 2.21. The van der Waals surface area contributed by atoms with Gasteiger partial charge in [0.25, 0.3) is 5.91 Å². The first-order valence-corrected chi connectivity index (χ1v) is 9.55. The highest BCUT2D eigenvalue weighted by Gasteiger charge is 2.08. The van der Waals surface area contributed by atoms with Crippen LogP contribution >= 0.6 is 27.3 Å². The third-order valence-corrected chi connectivity index (χ3v) is 4.91. The van der Waals surface area contributed by atoms with Gasteiger partial charge < -0.3 is 10.6 Å². The molecule has 0 unspecified atom stereocenters. The second kappa shape index (κ2) is 8.25. The normalized spacial score (nSPS) is 10.4. The second-order valence-electron chi connectivity index (χ2n) is 5.60. The van der Waals surface area contributed by atoms with Crippen LogP contribution in [0.5, 0.6) is 0 Å². The third kappa shape index (κ3) is 4.77. The van der Waals surface area contributed by atoms with Gasteiger partial charge in [-0.25, -0.2) is 4.98 Å². The van der Waals surface area contributed by atoms with Gasteiger partial charge in [0, 0.05) is 26.7 Å². The van der Waals surface area contributed by atoms with Crippen molar-refractivity contribution < 1.29 is 9.59 Å². The first-order valence-electron chi connectivity index (χ1n) is 7.87. The van der Waals surface area contributed by atoms with Crippen molar-refractivity contribution in [2.45, 2.75) is 13.5 Å². The lowest BCUT2D eigenvalue weighted by Crippen LogP contribution is -2.22. The smallest absolute Gasteiger partial charge is 0.251 e. The maximum atomic E-state index is 12.2. The Bertz CT molecular complexity index is 938. The summed E-state index contributed by atoms with van der Waals surface area (Å²) in [6.07, 6.45) is 0. The number of ketones is 1. The van der Waals surface area contributed by atoms with Crippen LogP contribution in [-0.2, 0) is 6.54 Å². The molecule has 2 aromatic carbocycles. The van der Waals surface area contributed by atoms with E-state index in [9.17, 15) is 9.59 Å². The van der Waals surface area contributed by atoms with Crippen LogP contribution in [0.2, 0.25) is 0 Å². The molecule has 1 heterocycles. The van der Waals surface area contributed by atoms with E-state index in [1.807, 2.05) is 29.6 Å². The molecule has 0 aliphatic rings. The third-order valence-electron chi connectivity index (χ3n) is 3.61. The van der Waals surface area contributed by atoms with Crippen LogP contribution in [0.1, 0.15) is 33.3 Å². The molecule has 0 aliphatic heterocycles. The molecule has 26 heavy (non-hydrogen) atoms. The average Bonchev–Trinajstić information content (AvgIpc) is 3.07. The van der Waals surface area contributed by atoms with Crippen molar-refractivity contribution in [2.75, 3.05) is 5.32 Å². The molecule has 0 spiro atoms. The van der Waals surface area contributed by atoms with E-state index in [1.165, 1.54) is 18.3 Å². The summed E-state index contributed by atoms with van der Waals surface area (Å²) in [5, 5.41) is 8.68. The molecule has 5 nitrogen and oxygen atoms in total. The zero-order valence-electron chi connectivity index (χ0n) is 14.0. The van der Waals surface area contributed by atoms with Crippen molar-refractivity contribution >= 4 is 49.8 Å². The SMILES string of the molecule is CC(=O)c1ccc(Nc2nc(CNC(=O)c3cccc(Br)c3)cs2)cc1. The van der Waals surface area contributed by atoms with E-state index in [-0.39, 0.29) is 11.7 Å². The van der Waals surface area contributed by atoms with Crippen molar-refractivity contribution in [1.82, 2.24) is 10.3 Å². The fourth-order valence-corrected chi connectivity index (χ4v) is 3.39. The molecule has 0 bridgehead atoms. The Kier molecular flexibility index (Phi) is 5.80. The number of anilines is 2. The van der Waals surface area contributed by atoms with Gasteiger partial charge in [-0.3, -0.25) is 9.59 Å². The summed E-state index contributed by atoms with van der Waals surface area (Å²) in [5.41, 5.74) is 2.90. The Balaban J connectivity index is 1.57. The van der Waals surface area contributed by atoms with Crippen LogP contribution in [-0.4, -0.2) is 16.7 Å². The molecule has 1 aromatic heterocycles. The van der Waals surface area contributed by atoms with Crippen molar-refractivity contribution in [3.8, 4) is 0 Å². The summed E-state index contributed by atoms with van der Waals surface area (Å²) < 4.78 is 0.862. The van der Waals surface area contributed by atoms with Crippen molar-refractivity contribution in [3.63, 3.8) is 0 Å². The largest absolute Gasteiger partial charge is 0.346 e. The molecular weight excluding hydrogens is 414 g/mol. The fourth-order valence-electron chi connectivity index (χ4n) is 2.26. The standard InChI is InChI=1S/C19H16BrN3O2S/c1-12(24)13-5-7-16(8-6-13)22-19-23-17(11-26-19)10-21-18(25)14-3-2-4-15(20)9-14/h2-9,11H,10H2,1H3,(H,21,25)(H,22,23). The van der Waals surface area contributed by atoms with E-state index in [0.29, 0.717) is 17.7 Å². The topological polar surface area (TPSA) is 71.1 Å². The van der Waals surface area contributed by atoms with Crippen LogP contribution in [0.4, 0.5) is 10.8 Å². The number of benzene rings is 2. The molecule has 132 valence electrons. The molecule has 0 radical (unpaired) electrons. The van der Waals surface area contributed by atoms with Gasteiger partial charge in [0.2, 0.25) is 0 Å². The quantitative estimate of drug-likeness (QED) is 0.552. The van der Waals surface area contributed by atoms with E-state index >= 15 is 0 Å². The molecule has 3 rings (SSSR count). The Morgan fingerprint density at radius 1 is 1.12 bits per heavy atom. The van der Waals surface area contributed by atoms with Gasteiger partial charge in [-0.15, -0.1) is 11.3 Å². The van der Waals surface area contributed by atoms with Gasteiger partial charge in [0.15, 0.2) is 10.9 Å². The lowest BCUT2D eigenvalue weighted by Gasteiger charge is -2.04. The molecule has 0 saturated carbocycles. The number of rotatable bonds is 6. The molecule has 0 fully saturated rings. The van der Waals surface area contributed by atoms with Gasteiger partial charge in [-0.2, -0.15) is 0 Å². The number of amides is 1. The number of thiazole rings is 1. The van der Waals surface area contributed by atoms with Crippen LogP contribution in [0, 0.1) is 0 Å². The monoisotopic (exact) mass is 429 g/mol. The Morgan fingerprint density at radius 3 is 2.58 bits per heavy atom. The number of halogens is 1. The van der Waals surface area contributed by atoms with Gasteiger partial charge in [-0.1, -0.05) is 22.0 Å². The van der Waals surface area contributed by atoms with E-state index in [2.05, 4.69) is 31.5 Å². The highest BCUT2D eigenvalue weighted by molar-refractivity contribution is 9.10. The van der Waals surface area contributed by atoms with E-state index in [1.54, 1.807) is 24.3 Å². The summed E-state index contributed by atoms with van der Waals surface area (Å²) in [6.45, 7) is 1.89. The maximum absolute atomic E-state index is 12.2. The predicted molar refractivity (Wildman–Crippen MR) is 107 cm³/mol. The maximum Gasteiger partial charge on any atom is 0.251 e. The summed E-state index contributed by atoms with van der Waals surface area (Å²) in [5.74, 6) is -0.108. The van der Waals surface area contributed by atoms with E-state index < -0.39 is 0 Å². The van der Waals surface area contributed by atoms with Crippen LogP contribution in [0.15, 0.2) is 58.4 Å². The first kappa shape index (κ1) is 18.3. The van der Waals surface area contributed by atoms with Gasteiger partial charge in [0.05, 0.1) is 12.2 Å². The molecule has 7 heteroatoms. The van der Waals surface area contributed by atoms with Crippen molar-refractivity contribution in [1.29, 1.82) is 0 Å². The summed E-state index contributed by atoms with van der Waals surface area (Å²) in [4.78, 5) is 27.9. The molecule has 3 aromatic rings. The van der Waals surface area contributed by atoms with E-state index in [4.69, 9.17) is 0 Å². The number of carbonyl (C=O) groups is 2. The molecule has 0 atom stereocenters. The predicted octanol–water partition coefficient (Wildman–Crippen LogP) is 4.78. The van der Waals surface area contributed by atoms with Gasteiger partial charge in [0.1, 0.15) is 0 Å². The van der Waals surface area contributed by atoms with Crippen molar-refractivity contribution in [3.05, 3.63) is 75.2 Å². The number of nitrogens with zero attached hydrogens (tertiary/aromatic N) is 1. The number of aromatic nitrogens is 1. The fraction of sp³-hybridized carbons (Fsp3) is 0.105. The number of carbonyl (C=O) groups excluding carboxylic acids is 2. The van der Waals surface area contributed by atoms with Crippen LogP contribution < -0.4 is 10.6 Å². The Morgan fingerprint density at radius 2 is 1.88 bits per heavy atom. The molecule has 0 saturated heterocycles. The molecule has 0 aliphatic carbocycles. The summed E-state index contributed by atoms with van der Waals surface area (Å²) >= 11 is 4.81. The Hall–Kier alpha value is -2.51. The van der Waals surface area contributed by atoms with Crippen LogP contribution in [0.25, 0.3) is 0 Å². The lowest BCUT2D eigenvalue weighted by atomic mass is 10.1. The Labute approximate surface area is 163 Å². The number of hydrogen-bond acceptors (Lipinski definition) is 5. The van der Waals surface area contributed by atoms with E-state index in [0.717, 1.165) is 21.0 Å². The molecule has 1 amide bonds. The van der Waals surface area contributed by atoms with Gasteiger partial charge >= 0.3 is 0 Å². The second-order valence-corrected chi connectivity index (χ2v) is 7.37. The van der Waals surface area contributed by atoms with Gasteiger partial charge in [-0.05, 0) is 49.4 Å². The summed E-state index contributed by atoms with van der Waals surface area (Å²) in [7, 11) is 0. The first-order chi connectivity index (χ1) is 12.5. The minimum absolute atomic E-state index is 0.0364. The average molecular weight is 430 g/mol. The number of nitrogens with one attached hydrogen (secondary N) is 2. The minimum atomic E-state index is -0.145. The number of Topliss-reactive ketones (excluding diaryl/α,β-unsaturated/α-hetero) is 1. The van der Waals surface area contributed by atoms with Crippen molar-refractivity contribution in [2.24, 2.45) is 0 Å². The minimum Gasteiger partial charge on any atom is -0.346 e. The zero-order valence-corrected chi connectivity index (χ0v) is 16.4. The molecular formula is C19H16BrN3O2S. The molecule has 2 N–H and O–H groups in total.